The molecule has 0 aliphatic heterocycles. The second kappa shape index (κ2) is 24.9. The van der Waals surface area contributed by atoms with E-state index in [2.05, 4.69) is 26.0 Å². The van der Waals surface area contributed by atoms with Crippen LogP contribution in [0.15, 0.2) is 12.2 Å². The average Bonchev–Trinajstić information content (AvgIpc) is 2.76. The molecule has 182 valence electrons. The number of hydrogen-bond donors (Lipinski definition) is 0. The van der Waals surface area contributed by atoms with Crippen LogP contribution in [0.3, 0.4) is 0 Å². The van der Waals surface area contributed by atoms with E-state index in [-0.39, 0.29) is 11.9 Å². The molecule has 0 unspecified atom stereocenters. The SMILES string of the molecule is CC/C=C/CCOC(=O)CCCCCCCCC(=O)OCCCCCCCCCCC. The fraction of sp³-hybridized carbons (Fsp3) is 0.852. The molecule has 0 spiro atoms. The fourth-order valence-electron chi connectivity index (χ4n) is 3.51. The van der Waals surface area contributed by atoms with Gasteiger partial charge in [-0.05, 0) is 32.1 Å². The normalized spacial score (nSPS) is 11.2. The monoisotopic (exact) mass is 438 g/mol. The Morgan fingerprint density at radius 3 is 1.52 bits per heavy atom. The first-order valence-electron chi connectivity index (χ1n) is 13.2. The fourth-order valence-corrected chi connectivity index (χ4v) is 3.51. The summed E-state index contributed by atoms with van der Waals surface area (Å²) >= 11 is 0. The van der Waals surface area contributed by atoms with Gasteiger partial charge in [-0.25, -0.2) is 0 Å². The van der Waals surface area contributed by atoms with Crippen LogP contribution in [0.2, 0.25) is 0 Å². The molecule has 0 saturated carbocycles. The van der Waals surface area contributed by atoms with Crippen LogP contribution in [0.4, 0.5) is 0 Å². The van der Waals surface area contributed by atoms with E-state index in [0.717, 1.165) is 57.8 Å². The largest absolute Gasteiger partial charge is 0.466 e. The molecule has 0 N–H and O–H groups in total. The lowest BCUT2D eigenvalue weighted by molar-refractivity contribution is -0.144. The number of carbonyl (C=O) groups is 2. The summed E-state index contributed by atoms with van der Waals surface area (Å²) in [4.78, 5) is 23.4. The van der Waals surface area contributed by atoms with Gasteiger partial charge in [0.15, 0.2) is 0 Å². The number of hydrogen-bond acceptors (Lipinski definition) is 4. The van der Waals surface area contributed by atoms with E-state index in [1.807, 2.05) is 0 Å². The summed E-state index contributed by atoms with van der Waals surface area (Å²) in [7, 11) is 0. The molecule has 0 saturated heterocycles. The first-order chi connectivity index (χ1) is 15.2. The Morgan fingerprint density at radius 2 is 1.00 bits per heavy atom. The molecule has 0 aromatic heterocycles. The molecular formula is C27H50O4. The van der Waals surface area contributed by atoms with Gasteiger partial charge in [-0.1, -0.05) is 103 Å². The van der Waals surface area contributed by atoms with Crippen molar-refractivity contribution in [2.24, 2.45) is 0 Å². The van der Waals surface area contributed by atoms with E-state index in [9.17, 15) is 9.59 Å². The predicted octanol–water partition coefficient (Wildman–Crippen LogP) is 8.08. The van der Waals surface area contributed by atoms with E-state index < -0.39 is 0 Å². The topological polar surface area (TPSA) is 52.6 Å². The molecule has 0 aliphatic carbocycles. The lowest BCUT2D eigenvalue weighted by Crippen LogP contribution is -2.05. The predicted molar refractivity (Wildman–Crippen MR) is 130 cm³/mol. The Balaban J connectivity index is 3.27. The number of carbonyl (C=O) groups excluding carboxylic acids is 2. The second-order valence-corrected chi connectivity index (χ2v) is 8.56. The Hall–Kier alpha value is -1.32. The Kier molecular flexibility index (Phi) is 23.9. The maximum Gasteiger partial charge on any atom is 0.305 e. The van der Waals surface area contributed by atoms with Gasteiger partial charge >= 0.3 is 11.9 Å². The van der Waals surface area contributed by atoms with E-state index in [0.29, 0.717) is 26.1 Å². The van der Waals surface area contributed by atoms with Gasteiger partial charge < -0.3 is 9.47 Å². The van der Waals surface area contributed by atoms with Gasteiger partial charge in [-0.3, -0.25) is 9.59 Å². The van der Waals surface area contributed by atoms with Crippen molar-refractivity contribution in [3.63, 3.8) is 0 Å². The Morgan fingerprint density at radius 1 is 0.548 bits per heavy atom. The highest BCUT2D eigenvalue weighted by Gasteiger charge is 2.04. The summed E-state index contributed by atoms with van der Waals surface area (Å²) in [5, 5.41) is 0. The molecule has 4 heteroatoms. The van der Waals surface area contributed by atoms with Crippen LogP contribution in [0.1, 0.15) is 136 Å². The molecule has 0 rings (SSSR count). The highest BCUT2D eigenvalue weighted by atomic mass is 16.5. The second-order valence-electron chi connectivity index (χ2n) is 8.56. The minimum Gasteiger partial charge on any atom is -0.466 e. The zero-order chi connectivity index (χ0) is 22.8. The number of allylic oxidation sites excluding steroid dienone is 1. The van der Waals surface area contributed by atoms with Gasteiger partial charge in [0, 0.05) is 12.8 Å². The van der Waals surface area contributed by atoms with Crippen LogP contribution in [-0.2, 0) is 19.1 Å². The van der Waals surface area contributed by atoms with Crippen molar-refractivity contribution in [3.05, 3.63) is 12.2 Å². The molecule has 0 aliphatic rings. The van der Waals surface area contributed by atoms with Gasteiger partial charge in [0.05, 0.1) is 13.2 Å². The molecule has 0 atom stereocenters. The van der Waals surface area contributed by atoms with E-state index >= 15 is 0 Å². The first kappa shape index (κ1) is 29.7. The van der Waals surface area contributed by atoms with Crippen molar-refractivity contribution < 1.29 is 19.1 Å². The Bertz CT molecular complexity index is 431. The third-order valence-corrected chi connectivity index (χ3v) is 5.47. The summed E-state index contributed by atoms with van der Waals surface area (Å²) in [5.74, 6) is -0.129. The molecule has 0 bridgehead atoms. The smallest absolute Gasteiger partial charge is 0.305 e. The van der Waals surface area contributed by atoms with Crippen molar-refractivity contribution in [1.29, 1.82) is 0 Å². The molecular weight excluding hydrogens is 388 g/mol. The quantitative estimate of drug-likeness (QED) is 0.0919. The van der Waals surface area contributed by atoms with E-state index in [4.69, 9.17) is 9.47 Å². The minimum atomic E-state index is -0.0837. The third kappa shape index (κ3) is 24.8. The number of unbranched alkanes of at least 4 members (excludes halogenated alkanes) is 13. The molecule has 0 amide bonds. The van der Waals surface area contributed by atoms with Crippen molar-refractivity contribution in [2.45, 2.75) is 136 Å². The average molecular weight is 439 g/mol. The molecule has 0 heterocycles. The zero-order valence-corrected chi connectivity index (χ0v) is 20.6. The summed E-state index contributed by atoms with van der Waals surface area (Å²) in [6.07, 6.45) is 24.7. The van der Waals surface area contributed by atoms with Crippen molar-refractivity contribution >= 4 is 11.9 Å². The van der Waals surface area contributed by atoms with Crippen LogP contribution in [-0.4, -0.2) is 25.2 Å². The number of ether oxygens (including phenoxy) is 2. The summed E-state index contributed by atoms with van der Waals surface area (Å²) < 4.78 is 10.5. The highest BCUT2D eigenvalue weighted by molar-refractivity contribution is 5.69. The van der Waals surface area contributed by atoms with Crippen molar-refractivity contribution in [2.75, 3.05) is 13.2 Å². The van der Waals surface area contributed by atoms with Crippen LogP contribution < -0.4 is 0 Å². The van der Waals surface area contributed by atoms with Crippen LogP contribution in [0.5, 0.6) is 0 Å². The lowest BCUT2D eigenvalue weighted by Gasteiger charge is -2.06. The molecule has 4 nitrogen and oxygen atoms in total. The van der Waals surface area contributed by atoms with Gasteiger partial charge in [0.2, 0.25) is 0 Å². The maximum atomic E-state index is 11.8. The first-order valence-corrected chi connectivity index (χ1v) is 13.2. The number of rotatable bonds is 23. The molecule has 31 heavy (non-hydrogen) atoms. The third-order valence-electron chi connectivity index (χ3n) is 5.47. The van der Waals surface area contributed by atoms with Crippen molar-refractivity contribution in [3.8, 4) is 0 Å². The van der Waals surface area contributed by atoms with E-state index in [1.165, 1.54) is 51.4 Å². The summed E-state index contributed by atoms with van der Waals surface area (Å²) in [6, 6.07) is 0. The number of esters is 2. The molecule has 0 aromatic carbocycles. The standard InChI is InChI=1S/C27H50O4/c1-3-5-7-9-10-11-14-17-21-25-31-27(29)23-19-16-13-12-15-18-22-26(28)30-24-20-8-6-4-2/h6,8H,3-5,7,9-25H2,1-2H3/b8-6+. The maximum absolute atomic E-state index is 11.8. The lowest BCUT2D eigenvalue weighted by atomic mass is 10.1. The van der Waals surface area contributed by atoms with Gasteiger partial charge in [0.25, 0.3) is 0 Å². The van der Waals surface area contributed by atoms with Gasteiger partial charge in [-0.2, -0.15) is 0 Å². The minimum absolute atomic E-state index is 0.0453. The van der Waals surface area contributed by atoms with Gasteiger partial charge in [0.1, 0.15) is 0 Å². The van der Waals surface area contributed by atoms with Crippen LogP contribution in [0, 0.1) is 0 Å². The highest BCUT2D eigenvalue weighted by Crippen LogP contribution is 2.11. The molecule has 0 radical (unpaired) electrons. The Labute approximate surface area is 192 Å². The summed E-state index contributed by atoms with van der Waals surface area (Å²) in [5.41, 5.74) is 0. The molecule has 0 aromatic rings. The van der Waals surface area contributed by atoms with Crippen LogP contribution >= 0.6 is 0 Å². The van der Waals surface area contributed by atoms with Crippen LogP contribution in [0.25, 0.3) is 0 Å². The van der Waals surface area contributed by atoms with Gasteiger partial charge in [-0.15, -0.1) is 0 Å². The zero-order valence-electron chi connectivity index (χ0n) is 20.6. The summed E-state index contributed by atoms with van der Waals surface area (Å²) in [6.45, 7) is 5.41. The van der Waals surface area contributed by atoms with Crippen molar-refractivity contribution in [1.82, 2.24) is 0 Å². The molecule has 0 fully saturated rings. The van der Waals surface area contributed by atoms with E-state index in [1.54, 1.807) is 0 Å².